The number of aromatic hydroxyl groups is 2. The van der Waals surface area contributed by atoms with E-state index < -0.39 is 12.2 Å². The molecule has 38 heavy (non-hydrogen) atoms. The van der Waals surface area contributed by atoms with E-state index in [4.69, 9.17) is 18.9 Å². The molecule has 0 fully saturated rings. The van der Waals surface area contributed by atoms with Crippen molar-refractivity contribution in [2.24, 2.45) is 5.92 Å². The number of rotatable bonds is 7. The van der Waals surface area contributed by atoms with Gasteiger partial charge >= 0.3 is 0 Å². The Hall–Kier alpha value is -3.58. The summed E-state index contributed by atoms with van der Waals surface area (Å²) in [5.74, 6) is 2.84. The van der Waals surface area contributed by atoms with E-state index in [1.54, 1.807) is 25.3 Å². The summed E-state index contributed by atoms with van der Waals surface area (Å²) in [7, 11) is 4.59. The number of phenols is 2. The third kappa shape index (κ3) is 4.49. The molecule has 0 saturated carbocycles. The lowest BCUT2D eigenvalue weighted by Gasteiger charge is -2.37. The van der Waals surface area contributed by atoms with Crippen LogP contribution in [0, 0.1) is 5.92 Å². The van der Waals surface area contributed by atoms with Crippen LogP contribution in [0.2, 0.25) is 0 Å². The minimum Gasteiger partial charge on any atom is -0.508 e. The minimum absolute atomic E-state index is 0.0997. The molecule has 1 aliphatic heterocycles. The highest BCUT2D eigenvalue weighted by Crippen LogP contribution is 2.53. The molecule has 0 bridgehead atoms. The first-order chi connectivity index (χ1) is 18.2. The number of hydrogen-bond acceptors (Lipinski definition) is 7. The van der Waals surface area contributed by atoms with E-state index in [1.165, 1.54) is 14.2 Å². The van der Waals surface area contributed by atoms with Gasteiger partial charge in [0.1, 0.15) is 17.2 Å². The first kappa shape index (κ1) is 26.0. The van der Waals surface area contributed by atoms with Gasteiger partial charge in [-0.2, -0.15) is 0 Å². The number of aliphatic hydroxyl groups is 1. The van der Waals surface area contributed by atoms with Crippen LogP contribution in [0.4, 0.5) is 0 Å². The normalized spacial score (nSPS) is 19.7. The summed E-state index contributed by atoms with van der Waals surface area (Å²) in [6.07, 6.45) is 1.75. The molecule has 0 spiro atoms. The second kappa shape index (κ2) is 10.3. The fourth-order valence-corrected chi connectivity index (χ4v) is 5.90. The number of phenolic OH excluding ortho intramolecular Hbond substituents is 2. The van der Waals surface area contributed by atoms with Crippen molar-refractivity contribution in [1.29, 1.82) is 0 Å². The Morgan fingerprint density at radius 1 is 0.895 bits per heavy atom. The summed E-state index contributed by atoms with van der Waals surface area (Å²) < 4.78 is 23.0. The summed E-state index contributed by atoms with van der Waals surface area (Å²) in [5.41, 5.74) is 5.95. The van der Waals surface area contributed by atoms with Gasteiger partial charge in [-0.1, -0.05) is 26.3 Å². The Kier molecular flexibility index (Phi) is 7.05. The lowest BCUT2D eigenvalue weighted by molar-refractivity contribution is 0.0201. The lowest BCUT2D eigenvalue weighted by Crippen LogP contribution is -2.32. The van der Waals surface area contributed by atoms with Gasteiger partial charge < -0.3 is 34.3 Å². The summed E-state index contributed by atoms with van der Waals surface area (Å²) >= 11 is 0. The van der Waals surface area contributed by atoms with Crippen molar-refractivity contribution < 1.29 is 34.3 Å². The van der Waals surface area contributed by atoms with Crippen LogP contribution >= 0.6 is 0 Å². The molecular formula is C31H36O7. The Bertz CT molecular complexity index is 1320. The Labute approximate surface area is 223 Å². The van der Waals surface area contributed by atoms with E-state index in [0.29, 0.717) is 29.4 Å². The second-order valence-corrected chi connectivity index (χ2v) is 10.6. The summed E-state index contributed by atoms with van der Waals surface area (Å²) in [4.78, 5) is 0. The summed E-state index contributed by atoms with van der Waals surface area (Å²) in [6.45, 7) is 4.45. The molecule has 7 nitrogen and oxygen atoms in total. The van der Waals surface area contributed by atoms with E-state index in [1.807, 2.05) is 18.2 Å². The monoisotopic (exact) mass is 520 g/mol. The number of methoxy groups -OCH3 is 3. The molecule has 0 aromatic heterocycles. The maximum absolute atomic E-state index is 11.3. The molecule has 7 heteroatoms. The van der Waals surface area contributed by atoms with E-state index in [0.717, 1.165) is 47.1 Å². The summed E-state index contributed by atoms with van der Waals surface area (Å²) in [6, 6.07) is 10.8. The van der Waals surface area contributed by atoms with E-state index in [9.17, 15) is 15.3 Å². The van der Waals surface area contributed by atoms with Crippen molar-refractivity contribution >= 4 is 0 Å². The van der Waals surface area contributed by atoms with Gasteiger partial charge in [-0.25, -0.2) is 0 Å². The van der Waals surface area contributed by atoms with Crippen molar-refractivity contribution in [1.82, 2.24) is 0 Å². The number of benzene rings is 3. The third-order valence-corrected chi connectivity index (χ3v) is 7.83. The van der Waals surface area contributed by atoms with Gasteiger partial charge in [0.2, 0.25) is 5.75 Å². The molecule has 3 atom stereocenters. The van der Waals surface area contributed by atoms with E-state index >= 15 is 0 Å². The molecule has 3 aromatic carbocycles. The van der Waals surface area contributed by atoms with Crippen molar-refractivity contribution in [2.75, 3.05) is 21.3 Å². The average molecular weight is 521 g/mol. The van der Waals surface area contributed by atoms with Crippen molar-refractivity contribution in [2.45, 2.75) is 57.7 Å². The van der Waals surface area contributed by atoms with Crippen LogP contribution in [0.15, 0.2) is 36.4 Å². The predicted octanol–water partition coefficient (Wildman–Crippen LogP) is 5.90. The standard InChI is InChI=1S/C31H36O7/c1-16(2)6-7-17-10-23-22-14-24(33)31(18-11-27(36-4)30(34)28(12-18)37-5)38-25(22)15-26(35-3)29(23)20-9-8-19(32)13-21(17)20/h8-9,11-13,15-17,24,31-34H,6-7,10,14H2,1-5H3/t17-,24+,31-/m0/s1. The zero-order valence-electron chi connectivity index (χ0n) is 22.6. The first-order valence-electron chi connectivity index (χ1n) is 13.1. The number of aliphatic hydroxyl groups excluding tert-OH is 1. The van der Waals surface area contributed by atoms with Gasteiger partial charge in [-0.05, 0) is 65.6 Å². The van der Waals surface area contributed by atoms with E-state index in [-0.39, 0.29) is 28.9 Å². The number of fused-ring (bicyclic) bond motifs is 5. The molecule has 3 N–H and O–H groups in total. The molecule has 5 rings (SSSR count). The lowest BCUT2D eigenvalue weighted by atomic mass is 9.73. The van der Waals surface area contributed by atoms with Crippen molar-refractivity contribution in [3.05, 3.63) is 58.7 Å². The molecule has 0 radical (unpaired) electrons. The minimum atomic E-state index is -0.825. The zero-order chi connectivity index (χ0) is 27.1. The molecule has 1 heterocycles. The second-order valence-electron chi connectivity index (χ2n) is 10.6. The van der Waals surface area contributed by atoms with Crippen LogP contribution in [-0.4, -0.2) is 42.8 Å². The molecule has 3 aromatic rings. The average Bonchev–Trinajstić information content (AvgIpc) is 2.91. The van der Waals surface area contributed by atoms with Gasteiger partial charge in [-0.3, -0.25) is 0 Å². The fourth-order valence-electron chi connectivity index (χ4n) is 5.90. The highest BCUT2D eigenvalue weighted by atomic mass is 16.5. The van der Waals surface area contributed by atoms with Crippen molar-refractivity contribution in [3.63, 3.8) is 0 Å². The number of hydrogen-bond donors (Lipinski definition) is 3. The predicted molar refractivity (Wildman–Crippen MR) is 145 cm³/mol. The van der Waals surface area contributed by atoms with Crippen LogP contribution in [0.1, 0.15) is 61.0 Å². The molecule has 0 saturated heterocycles. The molecule has 0 unspecified atom stereocenters. The Morgan fingerprint density at radius 2 is 1.58 bits per heavy atom. The molecule has 2 aliphatic rings. The van der Waals surface area contributed by atoms with Crippen LogP contribution in [0.25, 0.3) is 11.1 Å². The van der Waals surface area contributed by atoms with Crippen molar-refractivity contribution in [3.8, 4) is 45.6 Å². The van der Waals surface area contributed by atoms with Crippen LogP contribution in [0.3, 0.4) is 0 Å². The number of ether oxygens (including phenoxy) is 4. The fraction of sp³-hybridized carbons (Fsp3) is 0.419. The zero-order valence-corrected chi connectivity index (χ0v) is 22.6. The molecule has 1 aliphatic carbocycles. The highest BCUT2D eigenvalue weighted by Gasteiger charge is 2.37. The van der Waals surface area contributed by atoms with Crippen LogP contribution < -0.4 is 18.9 Å². The van der Waals surface area contributed by atoms with Gasteiger partial charge in [0.15, 0.2) is 17.6 Å². The SMILES string of the molecule is COc1cc([C@@H]2Oc3cc(OC)c4c(c3C[C@H]2O)C[C@H](CCC(C)C)c2cc(O)ccc2-4)cc(OC)c1O. The molecular weight excluding hydrogens is 484 g/mol. The van der Waals surface area contributed by atoms with Crippen LogP contribution in [-0.2, 0) is 12.8 Å². The highest BCUT2D eigenvalue weighted by molar-refractivity contribution is 5.82. The molecule has 0 amide bonds. The van der Waals surface area contributed by atoms with Crippen LogP contribution in [0.5, 0.6) is 34.5 Å². The van der Waals surface area contributed by atoms with Gasteiger partial charge in [0.05, 0.1) is 27.4 Å². The smallest absolute Gasteiger partial charge is 0.200 e. The third-order valence-electron chi connectivity index (χ3n) is 7.83. The first-order valence-corrected chi connectivity index (χ1v) is 13.1. The Balaban J connectivity index is 1.61. The Morgan fingerprint density at radius 3 is 2.21 bits per heavy atom. The van der Waals surface area contributed by atoms with Gasteiger partial charge in [0.25, 0.3) is 0 Å². The topological polar surface area (TPSA) is 97.6 Å². The molecule has 202 valence electrons. The van der Waals surface area contributed by atoms with Gasteiger partial charge in [-0.15, -0.1) is 0 Å². The maximum atomic E-state index is 11.3. The maximum Gasteiger partial charge on any atom is 0.200 e. The quantitative estimate of drug-likeness (QED) is 0.357. The largest absolute Gasteiger partial charge is 0.508 e. The summed E-state index contributed by atoms with van der Waals surface area (Å²) in [5, 5.41) is 32.0. The van der Waals surface area contributed by atoms with E-state index in [2.05, 4.69) is 13.8 Å². The van der Waals surface area contributed by atoms with Gasteiger partial charge in [0, 0.05) is 29.2 Å².